The van der Waals surface area contributed by atoms with Crippen molar-refractivity contribution in [2.45, 2.75) is 59.5 Å². The first-order valence-electron chi connectivity index (χ1n) is 6.70. The second-order valence-corrected chi connectivity index (χ2v) is 7.31. The summed E-state index contributed by atoms with van der Waals surface area (Å²) in [5.74, 6) is 0.331. The summed E-state index contributed by atoms with van der Waals surface area (Å²) in [6, 6.07) is 0. The fourth-order valence-electron chi connectivity index (χ4n) is 4.52. The van der Waals surface area contributed by atoms with Crippen molar-refractivity contribution in [3.05, 3.63) is 11.1 Å². The molecule has 0 radical (unpaired) electrons. The molecule has 0 aromatic heterocycles. The van der Waals surface area contributed by atoms with Gasteiger partial charge in [-0.15, -0.1) is 0 Å². The molecule has 2 nitrogen and oxygen atoms in total. The summed E-state index contributed by atoms with van der Waals surface area (Å²) in [4.78, 5) is 12.7. The maximum atomic E-state index is 12.7. The van der Waals surface area contributed by atoms with Crippen LogP contribution in [-0.2, 0) is 4.79 Å². The van der Waals surface area contributed by atoms with E-state index in [1.807, 2.05) is 0 Å². The van der Waals surface area contributed by atoms with Crippen LogP contribution in [-0.4, -0.2) is 17.0 Å². The van der Waals surface area contributed by atoms with Gasteiger partial charge in [-0.3, -0.25) is 4.79 Å². The van der Waals surface area contributed by atoms with Gasteiger partial charge in [0.15, 0.2) is 5.78 Å². The van der Waals surface area contributed by atoms with Crippen LogP contribution < -0.4 is 0 Å². The van der Waals surface area contributed by atoms with E-state index in [2.05, 4.69) is 27.7 Å². The number of aliphatic hydroxyl groups excluding tert-OH is 1. The van der Waals surface area contributed by atoms with Crippen LogP contribution in [0.15, 0.2) is 11.1 Å². The van der Waals surface area contributed by atoms with E-state index < -0.39 is 6.10 Å². The summed E-state index contributed by atoms with van der Waals surface area (Å²) in [5.41, 5.74) is 1.59. The first kappa shape index (κ1) is 11.5. The maximum absolute atomic E-state index is 12.7. The number of fused-ring (bicyclic) bond motifs is 2. The minimum Gasteiger partial charge on any atom is -0.388 e. The molecule has 3 aliphatic carbocycles. The highest BCUT2D eigenvalue weighted by Crippen LogP contribution is 2.68. The number of carbonyl (C=O) groups is 1. The number of rotatable bonds is 0. The Morgan fingerprint density at radius 2 is 1.71 bits per heavy atom. The fourth-order valence-corrected chi connectivity index (χ4v) is 4.52. The van der Waals surface area contributed by atoms with Crippen LogP contribution in [0.4, 0.5) is 0 Å². The topological polar surface area (TPSA) is 37.3 Å². The molecule has 0 aromatic rings. The Balaban J connectivity index is 2.17. The normalized spacial score (nSPS) is 47.6. The van der Waals surface area contributed by atoms with Crippen LogP contribution in [0.2, 0.25) is 0 Å². The van der Waals surface area contributed by atoms with Gasteiger partial charge in [0.05, 0.1) is 6.10 Å². The van der Waals surface area contributed by atoms with Crippen molar-refractivity contribution in [2.24, 2.45) is 16.2 Å². The summed E-state index contributed by atoms with van der Waals surface area (Å²) >= 11 is 0. The van der Waals surface area contributed by atoms with Crippen molar-refractivity contribution < 1.29 is 9.90 Å². The average molecular weight is 234 g/mol. The minimum atomic E-state index is -0.425. The first-order valence-corrected chi connectivity index (χ1v) is 6.70. The highest BCUT2D eigenvalue weighted by molar-refractivity contribution is 6.05. The summed E-state index contributed by atoms with van der Waals surface area (Å²) in [6.07, 6.45) is 3.49. The molecule has 3 rings (SSSR count). The van der Waals surface area contributed by atoms with Crippen molar-refractivity contribution >= 4 is 5.78 Å². The molecule has 0 aromatic carbocycles. The Kier molecular flexibility index (Phi) is 1.92. The number of aliphatic hydroxyl groups is 1. The number of carbonyl (C=O) groups excluding carboxylic acids is 1. The average Bonchev–Trinajstić information content (AvgIpc) is 2.70. The van der Waals surface area contributed by atoms with Gasteiger partial charge in [0.25, 0.3) is 0 Å². The minimum absolute atomic E-state index is 0.0768. The van der Waals surface area contributed by atoms with E-state index in [1.54, 1.807) is 0 Å². The van der Waals surface area contributed by atoms with Gasteiger partial charge >= 0.3 is 0 Å². The van der Waals surface area contributed by atoms with E-state index in [-0.39, 0.29) is 16.2 Å². The van der Waals surface area contributed by atoms with Gasteiger partial charge in [0.1, 0.15) is 0 Å². The molecule has 0 heterocycles. The fraction of sp³-hybridized carbons (Fsp3) is 0.800. The predicted octanol–water partition coefficient (Wildman–Crippen LogP) is 2.85. The monoisotopic (exact) mass is 234 g/mol. The molecule has 1 N–H and O–H groups in total. The molecular formula is C15H22O2. The zero-order valence-electron chi connectivity index (χ0n) is 11.3. The second-order valence-electron chi connectivity index (χ2n) is 7.31. The van der Waals surface area contributed by atoms with Crippen LogP contribution in [0.1, 0.15) is 53.4 Å². The Morgan fingerprint density at radius 3 is 2.35 bits per heavy atom. The lowest BCUT2D eigenvalue weighted by molar-refractivity contribution is -0.126. The third kappa shape index (κ3) is 1.04. The summed E-state index contributed by atoms with van der Waals surface area (Å²) in [5, 5.41) is 10.6. The first-order chi connectivity index (χ1) is 7.74. The molecule has 1 saturated carbocycles. The number of Topliss-reactive ketones (excluding diaryl/α,β-unsaturated/α-hetero) is 1. The molecule has 2 heteroatoms. The number of hydrogen-bond acceptors (Lipinski definition) is 2. The standard InChI is InChI=1S/C15H22O2/c1-13(2)8-9-10(12(13)17)14(3)6-5-7-15(14,4)11(9)16/h12,17H,5-8H2,1-4H3. The quantitative estimate of drug-likeness (QED) is 0.699. The maximum Gasteiger partial charge on any atom is 0.165 e. The molecule has 0 saturated heterocycles. The van der Waals surface area contributed by atoms with E-state index >= 15 is 0 Å². The van der Waals surface area contributed by atoms with E-state index in [1.165, 1.54) is 0 Å². The van der Waals surface area contributed by atoms with Gasteiger partial charge in [-0.1, -0.05) is 34.1 Å². The van der Waals surface area contributed by atoms with Crippen LogP contribution in [0, 0.1) is 16.2 Å². The van der Waals surface area contributed by atoms with Crippen LogP contribution >= 0.6 is 0 Å². The van der Waals surface area contributed by atoms with Gasteiger partial charge in [0, 0.05) is 10.8 Å². The SMILES string of the molecule is CC1(C)CC2=C(C1O)C1(C)CCCC1(C)C2=O. The Morgan fingerprint density at radius 1 is 1.12 bits per heavy atom. The molecule has 94 valence electrons. The molecular weight excluding hydrogens is 212 g/mol. The summed E-state index contributed by atoms with van der Waals surface area (Å²) in [7, 11) is 0. The zero-order valence-corrected chi connectivity index (χ0v) is 11.3. The summed E-state index contributed by atoms with van der Waals surface area (Å²) in [6.45, 7) is 8.45. The third-order valence-electron chi connectivity index (χ3n) is 5.91. The number of hydrogen-bond donors (Lipinski definition) is 1. The molecule has 0 amide bonds. The largest absolute Gasteiger partial charge is 0.388 e. The molecule has 17 heavy (non-hydrogen) atoms. The van der Waals surface area contributed by atoms with Crippen molar-refractivity contribution in [2.75, 3.05) is 0 Å². The van der Waals surface area contributed by atoms with Crippen molar-refractivity contribution in [3.63, 3.8) is 0 Å². The van der Waals surface area contributed by atoms with E-state index in [0.29, 0.717) is 5.78 Å². The number of ketones is 1. The smallest absolute Gasteiger partial charge is 0.165 e. The van der Waals surface area contributed by atoms with Gasteiger partial charge in [-0.2, -0.15) is 0 Å². The van der Waals surface area contributed by atoms with E-state index in [9.17, 15) is 9.90 Å². The highest BCUT2D eigenvalue weighted by atomic mass is 16.3. The molecule has 3 unspecified atom stereocenters. The molecule has 3 atom stereocenters. The Bertz CT molecular complexity index is 446. The van der Waals surface area contributed by atoms with E-state index in [4.69, 9.17) is 0 Å². The van der Waals surface area contributed by atoms with Gasteiger partial charge in [-0.05, 0) is 35.8 Å². The van der Waals surface area contributed by atoms with Gasteiger partial charge in [-0.25, -0.2) is 0 Å². The second kappa shape index (κ2) is 2.85. The van der Waals surface area contributed by atoms with Gasteiger partial charge in [0.2, 0.25) is 0 Å². The lowest BCUT2D eigenvalue weighted by atomic mass is 9.63. The van der Waals surface area contributed by atoms with Crippen LogP contribution in [0.25, 0.3) is 0 Å². The van der Waals surface area contributed by atoms with Gasteiger partial charge < -0.3 is 5.11 Å². The van der Waals surface area contributed by atoms with E-state index in [0.717, 1.165) is 36.8 Å². The van der Waals surface area contributed by atoms with Crippen LogP contribution in [0.5, 0.6) is 0 Å². The van der Waals surface area contributed by atoms with Crippen molar-refractivity contribution in [1.29, 1.82) is 0 Å². The third-order valence-corrected chi connectivity index (χ3v) is 5.91. The molecule has 3 aliphatic rings. The predicted molar refractivity (Wildman–Crippen MR) is 66.5 cm³/mol. The van der Waals surface area contributed by atoms with Crippen molar-refractivity contribution in [3.8, 4) is 0 Å². The lowest BCUT2D eigenvalue weighted by Gasteiger charge is -2.40. The number of allylic oxidation sites excluding steroid dienone is 1. The summed E-state index contributed by atoms with van der Waals surface area (Å²) < 4.78 is 0. The zero-order chi connectivity index (χ0) is 12.6. The molecule has 0 aliphatic heterocycles. The highest BCUT2D eigenvalue weighted by Gasteiger charge is 2.65. The van der Waals surface area contributed by atoms with Crippen molar-refractivity contribution in [1.82, 2.24) is 0 Å². The molecule has 0 spiro atoms. The Hall–Kier alpha value is -0.630. The molecule has 0 bridgehead atoms. The lowest BCUT2D eigenvalue weighted by Crippen LogP contribution is -2.41. The van der Waals surface area contributed by atoms with Crippen LogP contribution in [0.3, 0.4) is 0 Å². The Labute approximate surface area is 103 Å². The molecule has 1 fully saturated rings.